The first-order chi connectivity index (χ1) is 8.00. The van der Waals surface area contributed by atoms with Crippen molar-refractivity contribution in [3.8, 4) is 0 Å². The fourth-order valence-electron chi connectivity index (χ4n) is 1.96. The molecule has 0 spiro atoms. The number of ketones is 1. The van der Waals surface area contributed by atoms with Gasteiger partial charge in [0.1, 0.15) is 5.82 Å². The van der Waals surface area contributed by atoms with Crippen molar-refractivity contribution in [1.82, 2.24) is 0 Å². The third-order valence-corrected chi connectivity index (χ3v) is 2.92. The zero-order valence-corrected chi connectivity index (χ0v) is 9.31. The highest BCUT2D eigenvalue weighted by Gasteiger charge is 2.34. The van der Waals surface area contributed by atoms with Crippen LogP contribution in [0.25, 0.3) is 0 Å². The van der Waals surface area contributed by atoms with Crippen molar-refractivity contribution in [3.05, 3.63) is 29.6 Å². The lowest BCUT2D eigenvalue weighted by molar-refractivity contribution is -0.142. The summed E-state index contributed by atoms with van der Waals surface area (Å²) in [4.78, 5) is 23.7. The van der Waals surface area contributed by atoms with Crippen LogP contribution in [0.3, 0.4) is 0 Å². The molecule has 0 unspecified atom stereocenters. The van der Waals surface area contributed by atoms with E-state index < -0.39 is 17.7 Å². The standard InChI is InChI=1S/C12H12FNO3/c1-7(15)11-9(13)3-2-4-10(11)14-5-8(6-14)12(16)17/h2-4,8H,5-6H2,1H3,(H,16,17). The molecule has 1 N–H and O–H groups in total. The zero-order chi connectivity index (χ0) is 12.6. The topological polar surface area (TPSA) is 57.6 Å². The van der Waals surface area contributed by atoms with E-state index in [9.17, 15) is 14.0 Å². The predicted octanol–water partition coefficient (Wildman–Crippen LogP) is 1.55. The van der Waals surface area contributed by atoms with Gasteiger partial charge in [-0.3, -0.25) is 9.59 Å². The highest BCUT2D eigenvalue weighted by atomic mass is 19.1. The molecule has 5 heteroatoms. The molecule has 0 saturated carbocycles. The van der Waals surface area contributed by atoms with E-state index in [1.165, 1.54) is 19.1 Å². The number of aliphatic carboxylic acids is 1. The van der Waals surface area contributed by atoms with Gasteiger partial charge in [-0.1, -0.05) is 6.07 Å². The largest absolute Gasteiger partial charge is 0.481 e. The second kappa shape index (κ2) is 4.16. The van der Waals surface area contributed by atoms with E-state index in [2.05, 4.69) is 0 Å². The molecule has 0 radical (unpaired) electrons. The summed E-state index contributed by atoms with van der Waals surface area (Å²) in [6.07, 6.45) is 0. The number of carboxylic acids is 1. The summed E-state index contributed by atoms with van der Waals surface area (Å²) in [6, 6.07) is 4.39. The number of carboxylic acid groups (broad SMARTS) is 1. The number of hydrogen-bond donors (Lipinski definition) is 1. The lowest BCUT2D eigenvalue weighted by atomic mass is 9.97. The van der Waals surface area contributed by atoms with E-state index in [0.717, 1.165) is 0 Å². The molecule has 90 valence electrons. The van der Waals surface area contributed by atoms with Crippen molar-refractivity contribution in [1.29, 1.82) is 0 Å². The Kier molecular flexibility index (Phi) is 2.83. The minimum Gasteiger partial charge on any atom is -0.481 e. The van der Waals surface area contributed by atoms with Crippen LogP contribution in [-0.4, -0.2) is 29.9 Å². The van der Waals surface area contributed by atoms with E-state index in [-0.39, 0.29) is 11.3 Å². The van der Waals surface area contributed by atoms with Crippen molar-refractivity contribution >= 4 is 17.4 Å². The number of carbonyl (C=O) groups is 2. The Labute approximate surface area is 97.7 Å². The Morgan fingerprint density at radius 3 is 2.59 bits per heavy atom. The van der Waals surface area contributed by atoms with Crippen molar-refractivity contribution in [2.24, 2.45) is 5.92 Å². The number of hydrogen-bond acceptors (Lipinski definition) is 3. The quantitative estimate of drug-likeness (QED) is 0.810. The molecule has 1 aromatic rings. The lowest BCUT2D eigenvalue weighted by Crippen LogP contribution is -2.51. The molecular weight excluding hydrogens is 225 g/mol. The highest BCUT2D eigenvalue weighted by Crippen LogP contribution is 2.29. The van der Waals surface area contributed by atoms with Gasteiger partial charge in [0.05, 0.1) is 17.2 Å². The fourth-order valence-corrected chi connectivity index (χ4v) is 1.96. The minimum absolute atomic E-state index is 0.0383. The molecule has 0 aromatic heterocycles. The molecule has 1 heterocycles. The van der Waals surface area contributed by atoms with Crippen LogP contribution < -0.4 is 4.90 Å². The number of rotatable bonds is 3. The molecule has 0 amide bonds. The normalized spacial score (nSPS) is 15.5. The van der Waals surface area contributed by atoms with Gasteiger partial charge in [0, 0.05) is 13.1 Å². The summed E-state index contributed by atoms with van der Waals surface area (Å²) in [5, 5.41) is 8.76. The van der Waals surface area contributed by atoms with Gasteiger partial charge in [-0.05, 0) is 19.1 Å². The van der Waals surface area contributed by atoms with Crippen LogP contribution in [-0.2, 0) is 4.79 Å². The van der Waals surface area contributed by atoms with Crippen LogP contribution in [0.15, 0.2) is 18.2 Å². The Morgan fingerprint density at radius 2 is 2.06 bits per heavy atom. The molecule has 1 aliphatic heterocycles. The maximum absolute atomic E-state index is 13.5. The number of carbonyl (C=O) groups excluding carboxylic acids is 1. The second-order valence-electron chi connectivity index (χ2n) is 4.13. The van der Waals surface area contributed by atoms with Crippen molar-refractivity contribution in [2.45, 2.75) is 6.92 Å². The SMILES string of the molecule is CC(=O)c1c(F)cccc1N1CC(C(=O)O)C1. The molecular formula is C12H12FNO3. The molecule has 2 rings (SSSR count). The van der Waals surface area contributed by atoms with E-state index in [1.807, 2.05) is 0 Å². The molecule has 1 aliphatic rings. The van der Waals surface area contributed by atoms with Crippen LogP contribution in [0.1, 0.15) is 17.3 Å². The molecule has 4 nitrogen and oxygen atoms in total. The van der Waals surface area contributed by atoms with Crippen LogP contribution in [0, 0.1) is 11.7 Å². The first-order valence-corrected chi connectivity index (χ1v) is 5.28. The van der Waals surface area contributed by atoms with Gasteiger partial charge in [0.25, 0.3) is 0 Å². The van der Waals surface area contributed by atoms with Crippen LogP contribution in [0.2, 0.25) is 0 Å². The lowest BCUT2D eigenvalue weighted by Gasteiger charge is -2.39. The third kappa shape index (κ3) is 2.00. The van der Waals surface area contributed by atoms with Crippen LogP contribution >= 0.6 is 0 Å². The van der Waals surface area contributed by atoms with Gasteiger partial charge < -0.3 is 10.0 Å². The Morgan fingerprint density at radius 1 is 1.41 bits per heavy atom. The van der Waals surface area contributed by atoms with Gasteiger partial charge >= 0.3 is 5.97 Å². The van der Waals surface area contributed by atoms with Crippen molar-refractivity contribution in [3.63, 3.8) is 0 Å². The third-order valence-electron chi connectivity index (χ3n) is 2.92. The van der Waals surface area contributed by atoms with Gasteiger partial charge in [0.2, 0.25) is 0 Å². The highest BCUT2D eigenvalue weighted by molar-refractivity contribution is 6.00. The minimum atomic E-state index is -0.859. The number of halogens is 1. The van der Waals surface area contributed by atoms with E-state index >= 15 is 0 Å². The maximum atomic E-state index is 13.5. The van der Waals surface area contributed by atoms with Crippen molar-refractivity contribution in [2.75, 3.05) is 18.0 Å². The Hall–Kier alpha value is -1.91. The number of benzene rings is 1. The first kappa shape index (κ1) is 11.6. The zero-order valence-electron chi connectivity index (χ0n) is 9.31. The molecule has 0 atom stereocenters. The summed E-state index contributed by atoms with van der Waals surface area (Å²) in [6.45, 7) is 1.94. The van der Waals surface area contributed by atoms with Gasteiger partial charge in [-0.25, -0.2) is 4.39 Å². The number of nitrogens with zero attached hydrogens (tertiary/aromatic N) is 1. The fraction of sp³-hybridized carbons (Fsp3) is 0.333. The van der Waals surface area contributed by atoms with Gasteiger partial charge in [-0.15, -0.1) is 0 Å². The molecule has 1 saturated heterocycles. The molecule has 17 heavy (non-hydrogen) atoms. The van der Waals surface area contributed by atoms with Gasteiger partial charge in [0.15, 0.2) is 5.78 Å². The van der Waals surface area contributed by atoms with E-state index in [1.54, 1.807) is 11.0 Å². The number of anilines is 1. The average Bonchev–Trinajstić information content (AvgIpc) is 2.13. The maximum Gasteiger partial charge on any atom is 0.310 e. The molecule has 0 bridgehead atoms. The second-order valence-corrected chi connectivity index (χ2v) is 4.13. The monoisotopic (exact) mass is 237 g/mol. The molecule has 1 fully saturated rings. The average molecular weight is 237 g/mol. The summed E-state index contributed by atoms with van der Waals surface area (Å²) in [7, 11) is 0. The smallest absolute Gasteiger partial charge is 0.310 e. The van der Waals surface area contributed by atoms with Gasteiger partial charge in [-0.2, -0.15) is 0 Å². The Bertz CT molecular complexity index is 481. The molecule has 1 aromatic carbocycles. The molecule has 0 aliphatic carbocycles. The Balaban J connectivity index is 2.26. The predicted molar refractivity (Wildman–Crippen MR) is 59.7 cm³/mol. The summed E-state index contributed by atoms with van der Waals surface area (Å²) >= 11 is 0. The number of Topliss-reactive ketones (excluding diaryl/α,β-unsaturated/α-hetero) is 1. The van der Waals surface area contributed by atoms with Crippen LogP contribution in [0.4, 0.5) is 10.1 Å². The summed E-state index contributed by atoms with van der Waals surface area (Å²) < 4.78 is 13.5. The van der Waals surface area contributed by atoms with E-state index in [4.69, 9.17) is 5.11 Å². The summed E-state index contributed by atoms with van der Waals surface area (Å²) in [5.74, 6) is -2.20. The van der Waals surface area contributed by atoms with Crippen molar-refractivity contribution < 1.29 is 19.1 Å². The van der Waals surface area contributed by atoms with E-state index in [0.29, 0.717) is 18.8 Å². The summed E-state index contributed by atoms with van der Waals surface area (Å²) in [5.41, 5.74) is 0.520. The van der Waals surface area contributed by atoms with Crippen LogP contribution in [0.5, 0.6) is 0 Å². The first-order valence-electron chi connectivity index (χ1n) is 5.28.